The first-order valence-electron chi connectivity index (χ1n) is 9.57. The maximum Gasteiger partial charge on any atom is 0.306 e. The lowest BCUT2D eigenvalue weighted by Crippen LogP contribution is -2.35. The molecule has 0 aliphatic carbocycles. The SMILES string of the molecule is Cc1cc2nc(N3CCC(CCC(=O)OCC(N)=O)CC3)nc(N)c2cc1C. The molecule has 1 fully saturated rings. The second kappa shape index (κ2) is 8.41. The van der Waals surface area contributed by atoms with Crippen LogP contribution in [0.5, 0.6) is 0 Å². The number of aryl methyl sites for hydroxylation is 2. The molecule has 8 heteroatoms. The van der Waals surface area contributed by atoms with Gasteiger partial charge in [0.25, 0.3) is 5.91 Å². The predicted octanol–water partition coefficient (Wildman–Crippen LogP) is 1.85. The number of aromatic nitrogens is 2. The molecule has 0 spiro atoms. The van der Waals surface area contributed by atoms with Crippen molar-refractivity contribution in [2.24, 2.45) is 11.7 Å². The van der Waals surface area contributed by atoms with Crippen LogP contribution in [-0.4, -0.2) is 41.5 Å². The molecule has 0 bridgehead atoms. The summed E-state index contributed by atoms with van der Waals surface area (Å²) in [5, 5.41) is 0.885. The van der Waals surface area contributed by atoms with Gasteiger partial charge in [-0.1, -0.05) is 0 Å². The van der Waals surface area contributed by atoms with Crippen LogP contribution in [0.2, 0.25) is 0 Å². The molecule has 28 heavy (non-hydrogen) atoms. The third-order valence-electron chi connectivity index (χ3n) is 5.36. The lowest BCUT2D eigenvalue weighted by molar-refractivity contribution is -0.148. The summed E-state index contributed by atoms with van der Waals surface area (Å²) in [4.78, 5) is 33.6. The van der Waals surface area contributed by atoms with Crippen molar-refractivity contribution in [1.82, 2.24) is 9.97 Å². The molecule has 3 rings (SSSR count). The number of hydrogen-bond acceptors (Lipinski definition) is 7. The molecule has 1 aliphatic rings. The van der Waals surface area contributed by atoms with E-state index < -0.39 is 5.91 Å². The first kappa shape index (κ1) is 19.9. The number of carbonyl (C=O) groups excluding carboxylic acids is 2. The van der Waals surface area contributed by atoms with E-state index in [1.165, 1.54) is 11.1 Å². The van der Waals surface area contributed by atoms with Gasteiger partial charge in [0.05, 0.1) is 5.52 Å². The maximum atomic E-state index is 11.6. The largest absolute Gasteiger partial charge is 0.456 e. The highest BCUT2D eigenvalue weighted by Crippen LogP contribution is 2.28. The molecule has 0 saturated carbocycles. The van der Waals surface area contributed by atoms with Crippen LogP contribution in [-0.2, 0) is 14.3 Å². The third-order valence-corrected chi connectivity index (χ3v) is 5.36. The predicted molar refractivity (Wildman–Crippen MR) is 108 cm³/mol. The Kier molecular flexibility index (Phi) is 5.96. The molecule has 2 aromatic rings. The van der Waals surface area contributed by atoms with Gasteiger partial charge >= 0.3 is 5.97 Å². The number of carbonyl (C=O) groups is 2. The summed E-state index contributed by atoms with van der Waals surface area (Å²) in [6, 6.07) is 4.09. The number of nitrogen functional groups attached to an aromatic ring is 1. The minimum atomic E-state index is -0.637. The van der Waals surface area contributed by atoms with E-state index in [0.29, 0.717) is 24.1 Å². The molecule has 1 saturated heterocycles. The molecule has 0 unspecified atom stereocenters. The van der Waals surface area contributed by atoms with Crippen LogP contribution >= 0.6 is 0 Å². The summed E-state index contributed by atoms with van der Waals surface area (Å²) in [7, 11) is 0. The lowest BCUT2D eigenvalue weighted by Gasteiger charge is -2.32. The van der Waals surface area contributed by atoms with Crippen molar-refractivity contribution in [2.75, 3.05) is 30.3 Å². The lowest BCUT2D eigenvalue weighted by atomic mass is 9.92. The Morgan fingerprint density at radius 1 is 1.18 bits per heavy atom. The van der Waals surface area contributed by atoms with Gasteiger partial charge in [-0.05, 0) is 62.3 Å². The van der Waals surface area contributed by atoms with Gasteiger partial charge in [0.2, 0.25) is 5.95 Å². The molecule has 1 aromatic heterocycles. The van der Waals surface area contributed by atoms with Crippen LogP contribution in [0.3, 0.4) is 0 Å². The molecule has 0 atom stereocenters. The standard InChI is InChI=1S/C20H27N5O3/c1-12-9-15-16(10-13(12)2)23-20(24-19(15)22)25-7-5-14(6-8-25)3-4-18(27)28-11-17(21)26/h9-10,14H,3-8,11H2,1-2H3,(H2,21,26)(H2,22,23,24). The molecule has 0 radical (unpaired) electrons. The number of amides is 1. The van der Waals surface area contributed by atoms with Gasteiger partial charge in [-0.25, -0.2) is 4.98 Å². The van der Waals surface area contributed by atoms with Gasteiger partial charge in [0.15, 0.2) is 6.61 Å². The van der Waals surface area contributed by atoms with Crippen LogP contribution in [0, 0.1) is 19.8 Å². The summed E-state index contributed by atoms with van der Waals surface area (Å²) in [5.41, 5.74) is 14.4. The Hall–Kier alpha value is -2.90. The van der Waals surface area contributed by atoms with Crippen molar-refractivity contribution in [2.45, 2.75) is 39.5 Å². The Morgan fingerprint density at radius 2 is 1.86 bits per heavy atom. The van der Waals surface area contributed by atoms with Crippen molar-refractivity contribution in [3.63, 3.8) is 0 Å². The van der Waals surface area contributed by atoms with Crippen molar-refractivity contribution in [3.8, 4) is 0 Å². The van der Waals surface area contributed by atoms with Gasteiger partial charge in [-0.2, -0.15) is 4.98 Å². The minimum Gasteiger partial charge on any atom is -0.456 e. The summed E-state index contributed by atoms with van der Waals surface area (Å²) in [5.74, 6) is 0.578. The summed E-state index contributed by atoms with van der Waals surface area (Å²) in [6.45, 7) is 5.40. The molecule has 1 aliphatic heterocycles. The van der Waals surface area contributed by atoms with Crippen molar-refractivity contribution < 1.29 is 14.3 Å². The maximum absolute atomic E-state index is 11.6. The average molecular weight is 385 g/mol. The van der Waals surface area contributed by atoms with Gasteiger partial charge in [-0.15, -0.1) is 0 Å². The number of nitrogens with zero attached hydrogens (tertiary/aromatic N) is 3. The molecular weight excluding hydrogens is 358 g/mol. The Bertz CT molecular complexity index is 891. The average Bonchev–Trinajstić information content (AvgIpc) is 2.66. The highest BCUT2D eigenvalue weighted by Gasteiger charge is 2.23. The van der Waals surface area contributed by atoms with Gasteiger partial charge < -0.3 is 21.1 Å². The van der Waals surface area contributed by atoms with Crippen LogP contribution in [0.1, 0.15) is 36.8 Å². The van der Waals surface area contributed by atoms with E-state index in [0.717, 1.165) is 43.3 Å². The zero-order valence-corrected chi connectivity index (χ0v) is 16.4. The Morgan fingerprint density at radius 3 is 2.54 bits per heavy atom. The summed E-state index contributed by atoms with van der Waals surface area (Å²) >= 11 is 0. The van der Waals surface area contributed by atoms with Crippen LogP contribution in [0.25, 0.3) is 10.9 Å². The van der Waals surface area contributed by atoms with Crippen molar-refractivity contribution in [1.29, 1.82) is 0 Å². The van der Waals surface area contributed by atoms with Gasteiger partial charge in [-0.3, -0.25) is 9.59 Å². The molecule has 1 aromatic carbocycles. The highest BCUT2D eigenvalue weighted by atomic mass is 16.5. The van der Waals surface area contributed by atoms with Crippen molar-refractivity contribution in [3.05, 3.63) is 23.3 Å². The van der Waals surface area contributed by atoms with Crippen LogP contribution < -0.4 is 16.4 Å². The highest BCUT2D eigenvalue weighted by molar-refractivity contribution is 5.90. The van der Waals surface area contributed by atoms with E-state index in [1.54, 1.807) is 0 Å². The number of hydrogen-bond donors (Lipinski definition) is 2. The summed E-state index contributed by atoms with van der Waals surface area (Å²) < 4.78 is 4.80. The number of anilines is 2. The fourth-order valence-electron chi connectivity index (χ4n) is 3.51. The first-order chi connectivity index (χ1) is 13.3. The van der Waals surface area contributed by atoms with Crippen LogP contribution in [0.4, 0.5) is 11.8 Å². The van der Waals surface area contributed by atoms with E-state index in [1.807, 2.05) is 6.07 Å². The third kappa shape index (κ3) is 4.68. The van der Waals surface area contributed by atoms with E-state index in [4.69, 9.17) is 21.2 Å². The smallest absolute Gasteiger partial charge is 0.306 e. The first-order valence-corrected chi connectivity index (χ1v) is 9.57. The fraction of sp³-hybridized carbons (Fsp3) is 0.500. The van der Waals surface area contributed by atoms with E-state index >= 15 is 0 Å². The number of esters is 1. The second-order valence-corrected chi connectivity index (χ2v) is 7.46. The number of nitrogens with two attached hydrogens (primary N) is 2. The number of rotatable bonds is 6. The fourth-order valence-corrected chi connectivity index (χ4v) is 3.51. The number of piperidine rings is 1. The molecule has 4 N–H and O–H groups in total. The van der Waals surface area contributed by atoms with Gasteiger partial charge in [0, 0.05) is 24.9 Å². The van der Waals surface area contributed by atoms with Crippen molar-refractivity contribution >= 4 is 34.5 Å². The van der Waals surface area contributed by atoms with E-state index in [9.17, 15) is 9.59 Å². The minimum absolute atomic E-state index is 0.302. The second-order valence-electron chi connectivity index (χ2n) is 7.46. The molecule has 150 valence electrons. The zero-order chi connectivity index (χ0) is 20.3. The Labute approximate surface area is 164 Å². The number of benzene rings is 1. The Balaban J connectivity index is 1.58. The number of fused-ring (bicyclic) bond motifs is 1. The van der Waals surface area contributed by atoms with Crippen LogP contribution in [0.15, 0.2) is 12.1 Å². The topological polar surface area (TPSA) is 124 Å². The molecule has 1 amide bonds. The number of ether oxygens (including phenoxy) is 1. The molecule has 8 nitrogen and oxygen atoms in total. The van der Waals surface area contributed by atoms with Gasteiger partial charge in [0.1, 0.15) is 5.82 Å². The summed E-state index contributed by atoms with van der Waals surface area (Å²) in [6.07, 6.45) is 2.93. The van der Waals surface area contributed by atoms with E-state index in [-0.39, 0.29) is 12.6 Å². The molecule has 2 heterocycles. The van der Waals surface area contributed by atoms with E-state index in [2.05, 4.69) is 29.8 Å². The zero-order valence-electron chi connectivity index (χ0n) is 16.4. The number of primary amides is 1. The quantitative estimate of drug-likeness (QED) is 0.727. The monoisotopic (exact) mass is 385 g/mol. The normalized spacial score (nSPS) is 15.0. The molecular formula is C20H27N5O3.